The Morgan fingerprint density at radius 3 is 2.42 bits per heavy atom. The zero-order valence-corrected chi connectivity index (χ0v) is 14.9. The van der Waals surface area contributed by atoms with Crippen LogP contribution in [0.15, 0.2) is 18.3 Å². The standard InChI is InChI=1S/C18H29N3O3/c1-3-8-20-10-12-21(13-11-20)9-5-14-24-17-7-6-16(15-19-17)18(22)23-4-2/h6-7,15H,3-5,8-14H2,1-2H3. The summed E-state index contributed by atoms with van der Waals surface area (Å²) in [7, 11) is 0. The molecule has 2 heterocycles. The molecule has 0 amide bonds. The molecule has 1 aliphatic rings. The molecule has 0 radical (unpaired) electrons. The summed E-state index contributed by atoms with van der Waals surface area (Å²) in [5, 5.41) is 0. The Balaban J connectivity index is 1.62. The van der Waals surface area contributed by atoms with Gasteiger partial charge in [0.05, 0.1) is 18.8 Å². The predicted octanol–water partition coefficient (Wildman–Crippen LogP) is 2.05. The van der Waals surface area contributed by atoms with E-state index in [-0.39, 0.29) is 5.97 Å². The van der Waals surface area contributed by atoms with Gasteiger partial charge in [0.1, 0.15) is 0 Å². The fourth-order valence-electron chi connectivity index (χ4n) is 2.82. The minimum Gasteiger partial charge on any atom is -0.478 e. The number of rotatable bonds is 9. The van der Waals surface area contributed by atoms with Gasteiger partial charge in [0, 0.05) is 45.0 Å². The van der Waals surface area contributed by atoms with Gasteiger partial charge in [-0.05, 0) is 32.4 Å². The minimum absolute atomic E-state index is 0.348. The lowest BCUT2D eigenvalue weighted by molar-refractivity contribution is 0.0526. The van der Waals surface area contributed by atoms with Crippen molar-refractivity contribution in [3.63, 3.8) is 0 Å². The molecule has 6 heteroatoms. The van der Waals surface area contributed by atoms with Crippen LogP contribution in [0.5, 0.6) is 5.88 Å². The van der Waals surface area contributed by atoms with Crippen molar-refractivity contribution in [2.45, 2.75) is 26.7 Å². The second-order valence-electron chi connectivity index (χ2n) is 5.99. The van der Waals surface area contributed by atoms with E-state index in [0.717, 1.165) is 26.1 Å². The molecular formula is C18H29N3O3. The molecule has 0 bridgehead atoms. The monoisotopic (exact) mass is 335 g/mol. The smallest absolute Gasteiger partial charge is 0.339 e. The van der Waals surface area contributed by atoms with E-state index >= 15 is 0 Å². The molecule has 0 aromatic carbocycles. The van der Waals surface area contributed by atoms with Gasteiger partial charge in [-0.2, -0.15) is 0 Å². The molecule has 1 aromatic rings. The molecule has 0 atom stereocenters. The van der Waals surface area contributed by atoms with Crippen LogP contribution in [0.4, 0.5) is 0 Å². The second-order valence-corrected chi connectivity index (χ2v) is 5.99. The third-order valence-corrected chi connectivity index (χ3v) is 4.12. The maximum atomic E-state index is 11.5. The van der Waals surface area contributed by atoms with Crippen molar-refractivity contribution >= 4 is 5.97 Å². The van der Waals surface area contributed by atoms with E-state index in [4.69, 9.17) is 9.47 Å². The molecule has 2 rings (SSSR count). The summed E-state index contributed by atoms with van der Waals surface area (Å²) in [6.45, 7) is 11.9. The topological polar surface area (TPSA) is 54.9 Å². The van der Waals surface area contributed by atoms with E-state index in [9.17, 15) is 4.79 Å². The lowest BCUT2D eigenvalue weighted by Gasteiger charge is -2.34. The van der Waals surface area contributed by atoms with Crippen LogP contribution in [-0.2, 0) is 4.74 Å². The van der Waals surface area contributed by atoms with E-state index in [0.29, 0.717) is 24.7 Å². The average Bonchev–Trinajstić information content (AvgIpc) is 2.61. The van der Waals surface area contributed by atoms with Crippen LogP contribution in [0.25, 0.3) is 0 Å². The molecule has 6 nitrogen and oxygen atoms in total. The van der Waals surface area contributed by atoms with Gasteiger partial charge in [0.2, 0.25) is 5.88 Å². The molecule has 0 unspecified atom stereocenters. The Kier molecular flexibility index (Phi) is 7.98. The average molecular weight is 335 g/mol. The highest BCUT2D eigenvalue weighted by Crippen LogP contribution is 2.09. The summed E-state index contributed by atoms with van der Waals surface area (Å²) in [5.41, 5.74) is 0.453. The van der Waals surface area contributed by atoms with Gasteiger partial charge >= 0.3 is 5.97 Å². The van der Waals surface area contributed by atoms with E-state index in [1.54, 1.807) is 19.1 Å². The van der Waals surface area contributed by atoms with Gasteiger partial charge in [-0.15, -0.1) is 0 Å². The highest BCUT2D eigenvalue weighted by molar-refractivity contribution is 5.89. The number of ether oxygens (including phenoxy) is 2. The Hall–Kier alpha value is -1.66. The SMILES string of the molecule is CCCN1CCN(CCCOc2ccc(C(=O)OCC)cn2)CC1. The zero-order valence-electron chi connectivity index (χ0n) is 14.9. The number of nitrogens with zero attached hydrogens (tertiary/aromatic N) is 3. The van der Waals surface area contributed by atoms with Crippen LogP contribution in [-0.4, -0.2) is 73.2 Å². The van der Waals surface area contributed by atoms with Crippen molar-refractivity contribution in [3.8, 4) is 5.88 Å². The lowest BCUT2D eigenvalue weighted by atomic mass is 10.3. The predicted molar refractivity (Wildman–Crippen MR) is 93.5 cm³/mol. The molecule has 24 heavy (non-hydrogen) atoms. The molecule has 134 valence electrons. The Labute approximate surface area is 144 Å². The molecule has 1 aliphatic heterocycles. The first-order chi connectivity index (χ1) is 11.7. The maximum Gasteiger partial charge on any atom is 0.339 e. The first-order valence-corrected chi connectivity index (χ1v) is 8.93. The van der Waals surface area contributed by atoms with Gasteiger partial charge in [-0.1, -0.05) is 6.92 Å². The van der Waals surface area contributed by atoms with Gasteiger partial charge in [0.15, 0.2) is 0 Å². The molecular weight excluding hydrogens is 306 g/mol. The van der Waals surface area contributed by atoms with Crippen LogP contribution in [0.3, 0.4) is 0 Å². The third kappa shape index (κ3) is 6.09. The number of hydrogen-bond donors (Lipinski definition) is 0. The lowest BCUT2D eigenvalue weighted by Crippen LogP contribution is -2.46. The Morgan fingerprint density at radius 1 is 1.12 bits per heavy atom. The van der Waals surface area contributed by atoms with Crippen LogP contribution in [0, 0.1) is 0 Å². The first kappa shape index (κ1) is 18.7. The van der Waals surface area contributed by atoms with Crippen molar-refractivity contribution in [3.05, 3.63) is 23.9 Å². The van der Waals surface area contributed by atoms with E-state index in [2.05, 4.69) is 21.7 Å². The highest BCUT2D eigenvalue weighted by atomic mass is 16.5. The number of hydrogen-bond acceptors (Lipinski definition) is 6. The summed E-state index contributed by atoms with van der Waals surface area (Å²) in [4.78, 5) is 20.7. The second kappa shape index (κ2) is 10.3. The number of carbonyl (C=O) groups excluding carboxylic acids is 1. The number of piperazine rings is 1. The number of aromatic nitrogens is 1. The highest BCUT2D eigenvalue weighted by Gasteiger charge is 2.15. The van der Waals surface area contributed by atoms with Gasteiger partial charge in [0.25, 0.3) is 0 Å². The zero-order chi connectivity index (χ0) is 17.2. The van der Waals surface area contributed by atoms with Gasteiger partial charge in [-0.25, -0.2) is 9.78 Å². The normalized spacial score (nSPS) is 16.1. The summed E-state index contributed by atoms with van der Waals surface area (Å²) in [6, 6.07) is 3.41. The quantitative estimate of drug-likeness (QED) is 0.509. The van der Waals surface area contributed by atoms with E-state index in [1.807, 2.05) is 0 Å². The van der Waals surface area contributed by atoms with Crippen molar-refractivity contribution in [1.82, 2.24) is 14.8 Å². The summed E-state index contributed by atoms with van der Waals surface area (Å²) < 4.78 is 10.6. The summed E-state index contributed by atoms with van der Waals surface area (Å²) in [5.74, 6) is 0.203. The molecule has 0 spiro atoms. The number of carbonyl (C=O) groups is 1. The van der Waals surface area contributed by atoms with Crippen LogP contribution in [0.2, 0.25) is 0 Å². The first-order valence-electron chi connectivity index (χ1n) is 8.93. The summed E-state index contributed by atoms with van der Waals surface area (Å²) in [6.07, 6.45) is 3.71. The Morgan fingerprint density at radius 2 is 1.83 bits per heavy atom. The van der Waals surface area contributed by atoms with Crippen molar-refractivity contribution in [2.24, 2.45) is 0 Å². The van der Waals surface area contributed by atoms with Gasteiger partial charge < -0.3 is 19.3 Å². The number of esters is 1. The van der Waals surface area contributed by atoms with Crippen molar-refractivity contribution in [2.75, 3.05) is 52.5 Å². The fraction of sp³-hybridized carbons (Fsp3) is 0.667. The maximum absolute atomic E-state index is 11.5. The molecule has 1 fully saturated rings. The van der Waals surface area contributed by atoms with Crippen LogP contribution < -0.4 is 4.74 Å². The van der Waals surface area contributed by atoms with Crippen LogP contribution in [0.1, 0.15) is 37.0 Å². The Bertz CT molecular complexity index is 485. The minimum atomic E-state index is -0.348. The molecule has 0 saturated carbocycles. The van der Waals surface area contributed by atoms with Crippen LogP contribution >= 0.6 is 0 Å². The largest absolute Gasteiger partial charge is 0.478 e. The fourth-order valence-corrected chi connectivity index (χ4v) is 2.82. The molecule has 1 aromatic heterocycles. The number of pyridine rings is 1. The molecule has 0 N–H and O–H groups in total. The third-order valence-electron chi connectivity index (χ3n) is 4.12. The van der Waals surface area contributed by atoms with Crippen molar-refractivity contribution in [1.29, 1.82) is 0 Å². The van der Waals surface area contributed by atoms with Crippen molar-refractivity contribution < 1.29 is 14.3 Å². The van der Waals surface area contributed by atoms with Gasteiger partial charge in [-0.3, -0.25) is 0 Å². The molecule has 0 aliphatic carbocycles. The van der Waals surface area contributed by atoms with E-state index < -0.39 is 0 Å². The summed E-state index contributed by atoms with van der Waals surface area (Å²) >= 11 is 0. The van der Waals surface area contributed by atoms with E-state index in [1.165, 1.54) is 32.3 Å². The molecule has 1 saturated heterocycles.